The summed E-state index contributed by atoms with van der Waals surface area (Å²) in [6.07, 6.45) is 0.559. The van der Waals surface area contributed by atoms with Gasteiger partial charge in [0.2, 0.25) is 0 Å². The van der Waals surface area contributed by atoms with Crippen LogP contribution in [0.2, 0.25) is 0 Å². The molecular formula is C25H33IN6O5. The summed E-state index contributed by atoms with van der Waals surface area (Å²) >= 11 is 1.92. The molecule has 0 aliphatic carbocycles. The molecule has 1 aromatic carbocycles. The van der Waals surface area contributed by atoms with Crippen molar-refractivity contribution in [1.82, 2.24) is 20.2 Å². The maximum atomic E-state index is 12.8. The summed E-state index contributed by atoms with van der Waals surface area (Å²) in [5, 5.41) is 21.8. The average Bonchev–Trinajstić information content (AvgIpc) is 2.90. The minimum absolute atomic E-state index is 0.105. The first-order valence-corrected chi connectivity index (χ1v) is 13.3. The van der Waals surface area contributed by atoms with Crippen LogP contribution in [0.5, 0.6) is 0 Å². The van der Waals surface area contributed by atoms with Gasteiger partial charge in [-0.3, -0.25) is 4.79 Å². The van der Waals surface area contributed by atoms with Crippen molar-refractivity contribution < 1.29 is 24.5 Å². The fraction of sp³-hybridized carbons (Fsp3) is 0.520. The van der Waals surface area contributed by atoms with Crippen LogP contribution in [0.4, 0.5) is 16.3 Å². The van der Waals surface area contributed by atoms with E-state index in [9.17, 15) is 14.7 Å². The second kappa shape index (κ2) is 11.5. The highest BCUT2D eigenvalue weighted by Gasteiger charge is 2.35. The molecular weight excluding hydrogens is 591 g/mol. The van der Waals surface area contributed by atoms with Crippen LogP contribution in [-0.2, 0) is 22.5 Å². The van der Waals surface area contributed by atoms with Gasteiger partial charge in [-0.25, -0.2) is 17.9 Å². The van der Waals surface area contributed by atoms with Crippen LogP contribution in [0.15, 0.2) is 24.3 Å². The van der Waals surface area contributed by atoms with E-state index in [1.807, 2.05) is 47.1 Å². The highest BCUT2D eigenvalue weighted by atomic mass is 127. The second-order valence-corrected chi connectivity index (χ2v) is 10.7. The van der Waals surface area contributed by atoms with Gasteiger partial charge in [0.1, 0.15) is 11.4 Å². The van der Waals surface area contributed by atoms with Crippen LogP contribution in [0.25, 0.3) is 11.4 Å². The van der Waals surface area contributed by atoms with Crippen molar-refractivity contribution in [3.05, 3.63) is 35.5 Å². The molecule has 4 rings (SSSR count). The molecule has 2 aliphatic heterocycles. The number of amides is 3. The molecule has 11 nitrogen and oxygen atoms in total. The van der Waals surface area contributed by atoms with E-state index < -0.39 is 5.60 Å². The van der Waals surface area contributed by atoms with Crippen molar-refractivity contribution in [2.24, 2.45) is 0 Å². The van der Waals surface area contributed by atoms with Crippen LogP contribution in [0, 0.1) is 0 Å². The van der Waals surface area contributed by atoms with E-state index in [2.05, 4.69) is 17.1 Å². The summed E-state index contributed by atoms with van der Waals surface area (Å²) in [6, 6.07) is 7.19. The second-order valence-electron chi connectivity index (χ2n) is 9.73. The van der Waals surface area contributed by atoms with Crippen LogP contribution in [0.1, 0.15) is 32.0 Å². The number of hydrogen-bond acceptors (Lipinski definition) is 8. The Morgan fingerprint density at radius 2 is 1.97 bits per heavy atom. The number of aliphatic hydroxyl groups excluding tert-OH is 1. The van der Waals surface area contributed by atoms with Crippen molar-refractivity contribution in [2.45, 2.75) is 45.4 Å². The summed E-state index contributed by atoms with van der Waals surface area (Å²) in [4.78, 5) is 38.8. The zero-order chi connectivity index (χ0) is 26.7. The van der Waals surface area contributed by atoms with Gasteiger partial charge in [0.05, 0.1) is 66.7 Å². The van der Waals surface area contributed by atoms with Crippen molar-refractivity contribution in [2.75, 3.05) is 47.5 Å². The summed E-state index contributed by atoms with van der Waals surface area (Å²) in [7, 11) is 0. The Kier molecular flexibility index (Phi) is 8.51. The lowest BCUT2D eigenvalue weighted by Gasteiger charge is -2.39. The van der Waals surface area contributed by atoms with Gasteiger partial charge in [-0.1, -0.05) is 0 Å². The van der Waals surface area contributed by atoms with Crippen molar-refractivity contribution in [3.63, 3.8) is 0 Å². The first-order chi connectivity index (χ1) is 17.6. The zero-order valence-corrected chi connectivity index (χ0v) is 23.4. The minimum atomic E-state index is -1.45. The molecule has 2 aromatic rings. The third-order valence-electron chi connectivity index (χ3n) is 6.41. The number of aromatic nitrogens is 2. The SMILES string of the molecule is CC1COCCN1c1nc(-c2ccc(N(I)C(=O)NCCO)cc2)nc2c1CN(C(=O)C(C)(C)O)CC2. The smallest absolute Gasteiger partial charge is 0.330 e. The molecule has 0 radical (unpaired) electrons. The number of aliphatic hydroxyl groups is 2. The minimum Gasteiger partial charge on any atom is -0.395 e. The number of carbonyl (C=O) groups is 2. The third-order valence-corrected chi connectivity index (χ3v) is 7.40. The Balaban J connectivity index is 1.67. The van der Waals surface area contributed by atoms with Gasteiger partial charge in [0, 0.05) is 37.2 Å². The maximum Gasteiger partial charge on any atom is 0.330 e. The summed E-state index contributed by atoms with van der Waals surface area (Å²) in [5.74, 6) is 1.04. The number of rotatable bonds is 6. The van der Waals surface area contributed by atoms with Crippen molar-refractivity contribution in [3.8, 4) is 11.4 Å². The molecule has 3 N–H and O–H groups in total. The lowest BCUT2D eigenvalue weighted by Crippen LogP contribution is -2.49. The Morgan fingerprint density at radius 1 is 1.24 bits per heavy atom. The third kappa shape index (κ3) is 6.13. The van der Waals surface area contributed by atoms with E-state index in [0.29, 0.717) is 50.8 Å². The molecule has 1 unspecified atom stereocenters. The van der Waals surface area contributed by atoms with Crippen LogP contribution < -0.4 is 13.3 Å². The molecule has 0 saturated carbocycles. The van der Waals surface area contributed by atoms with Gasteiger partial charge in [0.15, 0.2) is 5.82 Å². The quantitative estimate of drug-likeness (QED) is 0.328. The molecule has 1 saturated heterocycles. The van der Waals surface area contributed by atoms with Crippen molar-refractivity contribution in [1.29, 1.82) is 0 Å². The molecule has 0 spiro atoms. The van der Waals surface area contributed by atoms with E-state index in [1.54, 1.807) is 4.90 Å². The predicted octanol–water partition coefficient (Wildman–Crippen LogP) is 1.88. The number of hydrogen-bond donors (Lipinski definition) is 3. The number of anilines is 2. The highest BCUT2D eigenvalue weighted by Crippen LogP contribution is 2.33. The molecule has 0 bridgehead atoms. The number of nitrogens with one attached hydrogen (secondary N) is 1. The number of benzene rings is 1. The normalized spacial score (nSPS) is 17.8. The van der Waals surface area contributed by atoms with E-state index in [0.717, 1.165) is 22.6 Å². The topological polar surface area (TPSA) is 131 Å². The number of morpholine rings is 1. The lowest BCUT2D eigenvalue weighted by atomic mass is 10.0. The van der Waals surface area contributed by atoms with E-state index in [1.165, 1.54) is 17.0 Å². The maximum absolute atomic E-state index is 12.8. The number of fused-ring (bicyclic) bond motifs is 1. The fourth-order valence-corrected chi connectivity index (χ4v) is 4.95. The van der Waals surface area contributed by atoms with Crippen LogP contribution in [0.3, 0.4) is 0 Å². The van der Waals surface area contributed by atoms with E-state index in [-0.39, 0.29) is 31.1 Å². The monoisotopic (exact) mass is 624 g/mol. The molecule has 1 fully saturated rings. The number of carbonyl (C=O) groups excluding carboxylic acids is 2. The zero-order valence-electron chi connectivity index (χ0n) is 21.3. The number of halogens is 1. The van der Waals surface area contributed by atoms with Gasteiger partial charge in [0.25, 0.3) is 5.91 Å². The number of ether oxygens (including phenoxy) is 1. The van der Waals surface area contributed by atoms with Crippen molar-refractivity contribution >= 4 is 46.3 Å². The summed E-state index contributed by atoms with van der Waals surface area (Å²) < 4.78 is 7.09. The standard InChI is InChI=1S/C25H33IN6O5/c1-16-15-37-13-11-31(16)22-19-14-30(23(34)25(2,3)36)10-8-20(19)28-21(29-22)17-4-6-18(7-5-17)32(26)24(35)27-9-12-33/h4-7,16,33,36H,8-15H2,1-3H3,(H,27,35). The first kappa shape index (κ1) is 27.5. The van der Waals surface area contributed by atoms with Gasteiger partial charge < -0.3 is 30.1 Å². The van der Waals surface area contributed by atoms with Gasteiger partial charge in [-0.15, -0.1) is 0 Å². The average molecular weight is 624 g/mol. The van der Waals surface area contributed by atoms with Gasteiger partial charge in [-0.2, -0.15) is 0 Å². The highest BCUT2D eigenvalue weighted by molar-refractivity contribution is 14.1. The number of nitrogens with zero attached hydrogens (tertiary/aromatic N) is 5. The number of urea groups is 1. The van der Waals surface area contributed by atoms with Gasteiger partial charge in [-0.05, 0) is 45.0 Å². The van der Waals surface area contributed by atoms with Gasteiger partial charge >= 0.3 is 6.03 Å². The van der Waals surface area contributed by atoms with E-state index >= 15 is 0 Å². The predicted molar refractivity (Wildman–Crippen MR) is 147 cm³/mol. The van der Waals surface area contributed by atoms with E-state index in [4.69, 9.17) is 19.8 Å². The molecule has 2 aliphatic rings. The lowest BCUT2D eigenvalue weighted by molar-refractivity contribution is -0.148. The molecule has 3 amide bonds. The first-order valence-electron chi connectivity index (χ1n) is 12.3. The van der Waals surface area contributed by atoms with Crippen LogP contribution >= 0.6 is 22.9 Å². The Morgan fingerprint density at radius 3 is 2.62 bits per heavy atom. The molecule has 12 heteroatoms. The van der Waals surface area contributed by atoms with Crippen LogP contribution in [-0.4, -0.2) is 88.1 Å². The molecule has 200 valence electrons. The Bertz CT molecular complexity index is 1140. The molecule has 1 atom stereocenters. The molecule has 37 heavy (non-hydrogen) atoms. The Hall–Kier alpha value is -2.55. The largest absolute Gasteiger partial charge is 0.395 e. The molecule has 3 heterocycles. The summed E-state index contributed by atoms with van der Waals surface area (Å²) in [6.45, 7) is 7.80. The fourth-order valence-electron chi connectivity index (χ4n) is 4.46. The summed E-state index contributed by atoms with van der Waals surface area (Å²) in [5.41, 5.74) is 1.83. The molecule has 1 aromatic heterocycles. The Labute approximate surface area is 230 Å².